The van der Waals surface area contributed by atoms with Crippen LogP contribution in [0.2, 0.25) is 0 Å². The predicted molar refractivity (Wildman–Crippen MR) is 77.0 cm³/mol. The highest BCUT2D eigenvalue weighted by atomic mass is 32.1. The van der Waals surface area contributed by atoms with Gasteiger partial charge in [-0.2, -0.15) is 0 Å². The van der Waals surface area contributed by atoms with Gasteiger partial charge in [-0.15, -0.1) is 11.3 Å². The second kappa shape index (κ2) is 5.88. The van der Waals surface area contributed by atoms with E-state index in [1.54, 1.807) is 11.3 Å². The molecule has 0 spiro atoms. The Labute approximate surface area is 117 Å². The van der Waals surface area contributed by atoms with Gasteiger partial charge in [-0.05, 0) is 36.3 Å². The van der Waals surface area contributed by atoms with Crippen molar-refractivity contribution >= 4 is 22.8 Å². The van der Waals surface area contributed by atoms with Crippen LogP contribution in [0.1, 0.15) is 24.1 Å². The smallest absolute Gasteiger partial charge is 0.228 e. The molecule has 3 rings (SSSR count). The normalized spacial score (nSPS) is 24.1. The van der Waals surface area contributed by atoms with Crippen LogP contribution in [0.5, 0.6) is 0 Å². The fraction of sp³-hybridized carbons (Fsp3) is 0.533. The third kappa shape index (κ3) is 2.90. The molecule has 0 aromatic carbocycles. The molecular weight excluding hydrogens is 258 g/mol. The molecule has 0 aliphatic carbocycles. The summed E-state index contributed by atoms with van der Waals surface area (Å²) in [6, 6.07) is 4.24. The van der Waals surface area contributed by atoms with Crippen molar-refractivity contribution in [1.29, 1.82) is 0 Å². The van der Waals surface area contributed by atoms with Gasteiger partial charge in [0.05, 0.1) is 12.5 Å². The van der Waals surface area contributed by atoms with E-state index in [0.717, 1.165) is 39.0 Å². The van der Waals surface area contributed by atoms with Crippen LogP contribution in [0.15, 0.2) is 23.6 Å². The standard InChI is InChI=1S/C15H19NO2S/c17-15(13-3-1-9-18-11-13)16-7-5-12(6-8-16)14-4-2-10-19-14/h2,4-5,10,13H,1,3,6-9,11H2. The van der Waals surface area contributed by atoms with E-state index in [1.807, 2.05) is 4.90 Å². The highest BCUT2D eigenvalue weighted by molar-refractivity contribution is 7.11. The van der Waals surface area contributed by atoms with Gasteiger partial charge in [0.15, 0.2) is 0 Å². The fourth-order valence-corrected chi connectivity index (χ4v) is 3.55. The van der Waals surface area contributed by atoms with E-state index in [0.29, 0.717) is 6.61 Å². The van der Waals surface area contributed by atoms with E-state index in [9.17, 15) is 4.79 Å². The largest absolute Gasteiger partial charge is 0.381 e. The molecule has 3 nitrogen and oxygen atoms in total. The van der Waals surface area contributed by atoms with Gasteiger partial charge in [0.2, 0.25) is 5.91 Å². The molecule has 4 heteroatoms. The molecule has 2 aliphatic rings. The van der Waals surface area contributed by atoms with E-state index in [2.05, 4.69) is 23.6 Å². The van der Waals surface area contributed by atoms with Gasteiger partial charge in [-0.3, -0.25) is 4.79 Å². The van der Waals surface area contributed by atoms with Crippen LogP contribution in [0, 0.1) is 5.92 Å². The van der Waals surface area contributed by atoms with E-state index in [1.165, 1.54) is 10.5 Å². The second-order valence-electron chi connectivity index (χ2n) is 5.15. The van der Waals surface area contributed by atoms with Crippen molar-refractivity contribution in [3.05, 3.63) is 28.5 Å². The molecule has 19 heavy (non-hydrogen) atoms. The van der Waals surface area contributed by atoms with Gasteiger partial charge in [0, 0.05) is 24.6 Å². The third-order valence-corrected chi connectivity index (χ3v) is 4.81. The average molecular weight is 277 g/mol. The summed E-state index contributed by atoms with van der Waals surface area (Å²) in [6.45, 7) is 3.02. The molecule has 1 atom stereocenters. The first-order valence-electron chi connectivity index (χ1n) is 6.94. The third-order valence-electron chi connectivity index (χ3n) is 3.87. The van der Waals surface area contributed by atoms with Crippen molar-refractivity contribution in [3.63, 3.8) is 0 Å². The van der Waals surface area contributed by atoms with Crippen molar-refractivity contribution in [2.24, 2.45) is 5.92 Å². The lowest BCUT2D eigenvalue weighted by Gasteiger charge is -2.31. The molecule has 1 aromatic heterocycles. The topological polar surface area (TPSA) is 29.5 Å². The minimum absolute atomic E-state index is 0.0884. The summed E-state index contributed by atoms with van der Waals surface area (Å²) in [5.41, 5.74) is 1.39. The molecule has 1 aromatic rings. The van der Waals surface area contributed by atoms with Gasteiger partial charge >= 0.3 is 0 Å². The molecule has 0 bridgehead atoms. The van der Waals surface area contributed by atoms with Crippen LogP contribution in [-0.2, 0) is 9.53 Å². The number of ether oxygens (including phenoxy) is 1. The summed E-state index contributed by atoms with van der Waals surface area (Å²) in [6.07, 6.45) is 5.17. The van der Waals surface area contributed by atoms with E-state index in [4.69, 9.17) is 4.74 Å². The van der Waals surface area contributed by atoms with Gasteiger partial charge in [-0.1, -0.05) is 12.1 Å². The van der Waals surface area contributed by atoms with Gasteiger partial charge in [0.25, 0.3) is 0 Å². The number of hydrogen-bond acceptors (Lipinski definition) is 3. The molecule has 0 saturated carbocycles. The summed E-state index contributed by atoms with van der Waals surface area (Å²) in [7, 11) is 0. The zero-order valence-corrected chi connectivity index (χ0v) is 11.8. The lowest BCUT2D eigenvalue weighted by molar-refractivity contribution is -0.139. The maximum Gasteiger partial charge on any atom is 0.228 e. The van der Waals surface area contributed by atoms with E-state index >= 15 is 0 Å². The SMILES string of the molecule is O=C(C1CCCOC1)N1CC=C(c2cccs2)CC1. The summed E-state index contributed by atoms with van der Waals surface area (Å²) >= 11 is 1.78. The van der Waals surface area contributed by atoms with Crippen LogP contribution in [0.4, 0.5) is 0 Å². The van der Waals surface area contributed by atoms with Gasteiger partial charge in [0.1, 0.15) is 0 Å². The number of thiophene rings is 1. The van der Waals surface area contributed by atoms with Crippen LogP contribution < -0.4 is 0 Å². The van der Waals surface area contributed by atoms with E-state index < -0.39 is 0 Å². The number of carbonyl (C=O) groups is 1. The van der Waals surface area contributed by atoms with Crippen molar-refractivity contribution in [2.45, 2.75) is 19.3 Å². The minimum Gasteiger partial charge on any atom is -0.381 e. The minimum atomic E-state index is 0.0884. The summed E-state index contributed by atoms with van der Waals surface area (Å²) in [4.78, 5) is 15.7. The first kappa shape index (κ1) is 12.9. The van der Waals surface area contributed by atoms with Crippen molar-refractivity contribution in [1.82, 2.24) is 4.90 Å². The summed E-state index contributed by atoms with van der Waals surface area (Å²) in [5.74, 6) is 0.367. The van der Waals surface area contributed by atoms with Crippen LogP contribution in [0.3, 0.4) is 0 Å². The lowest BCUT2D eigenvalue weighted by Crippen LogP contribution is -2.41. The Bertz CT molecular complexity index is 460. The van der Waals surface area contributed by atoms with Crippen molar-refractivity contribution in [2.75, 3.05) is 26.3 Å². The van der Waals surface area contributed by atoms with Crippen molar-refractivity contribution in [3.8, 4) is 0 Å². The Morgan fingerprint density at radius 3 is 3.05 bits per heavy atom. The summed E-state index contributed by atoms with van der Waals surface area (Å²) in [5, 5.41) is 2.10. The van der Waals surface area contributed by atoms with Crippen LogP contribution >= 0.6 is 11.3 Å². The molecule has 1 amide bonds. The maximum absolute atomic E-state index is 12.4. The number of carbonyl (C=O) groups excluding carboxylic acids is 1. The molecule has 1 unspecified atom stereocenters. The Morgan fingerprint density at radius 2 is 2.42 bits per heavy atom. The Kier molecular flexibility index (Phi) is 3.99. The monoisotopic (exact) mass is 277 g/mol. The quantitative estimate of drug-likeness (QED) is 0.832. The molecule has 102 valence electrons. The second-order valence-corrected chi connectivity index (χ2v) is 6.10. The number of rotatable bonds is 2. The van der Waals surface area contributed by atoms with Crippen molar-refractivity contribution < 1.29 is 9.53 Å². The molecule has 3 heterocycles. The number of amides is 1. The maximum atomic E-state index is 12.4. The summed E-state index contributed by atoms with van der Waals surface area (Å²) < 4.78 is 5.41. The molecule has 1 fully saturated rings. The van der Waals surface area contributed by atoms with Crippen LogP contribution in [-0.4, -0.2) is 37.1 Å². The van der Waals surface area contributed by atoms with Gasteiger partial charge in [-0.25, -0.2) is 0 Å². The number of hydrogen-bond donors (Lipinski definition) is 0. The highest BCUT2D eigenvalue weighted by Crippen LogP contribution is 2.27. The van der Waals surface area contributed by atoms with Crippen LogP contribution in [0.25, 0.3) is 5.57 Å². The zero-order chi connectivity index (χ0) is 13.1. The Hall–Kier alpha value is -1.13. The first-order valence-corrected chi connectivity index (χ1v) is 7.82. The Balaban J connectivity index is 1.61. The molecule has 0 radical (unpaired) electrons. The number of nitrogens with zero attached hydrogens (tertiary/aromatic N) is 1. The fourth-order valence-electron chi connectivity index (χ4n) is 2.75. The Morgan fingerprint density at radius 1 is 1.47 bits per heavy atom. The van der Waals surface area contributed by atoms with Gasteiger partial charge < -0.3 is 9.64 Å². The lowest BCUT2D eigenvalue weighted by atomic mass is 9.99. The molecule has 2 aliphatic heterocycles. The predicted octanol–water partition coefficient (Wildman–Crippen LogP) is 2.79. The molecular formula is C15H19NO2S. The van der Waals surface area contributed by atoms with E-state index in [-0.39, 0.29) is 11.8 Å². The molecule has 0 N–H and O–H groups in total. The molecule has 1 saturated heterocycles. The average Bonchev–Trinajstić information content (AvgIpc) is 3.02. The highest BCUT2D eigenvalue weighted by Gasteiger charge is 2.27. The first-order chi connectivity index (χ1) is 9.34. The zero-order valence-electron chi connectivity index (χ0n) is 11.0.